The number of benzene rings is 2. The number of nitrogens with zero attached hydrogens (tertiary/aromatic N) is 1. The number of para-hydroxylation sites is 1. The number of aryl methyl sites for hydroxylation is 1. The molecular formula is C16H13BrN2S. The minimum Gasteiger partial charge on any atom is -0.331 e. The fraction of sp³-hybridized carbons (Fsp3) is 0.0625. The number of rotatable bonds is 3. The molecule has 2 nitrogen and oxygen atoms in total. The molecule has 1 aromatic heterocycles. The normalized spacial score (nSPS) is 10.5. The highest BCUT2D eigenvalue weighted by Gasteiger charge is 2.10. The Morgan fingerprint density at radius 2 is 1.70 bits per heavy atom. The molecule has 0 unspecified atom stereocenters. The van der Waals surface area contributed by atoms with Crippen molar-refractivity contribution in [3.05, 3.63) is 63.9 Å². The van der Waals surface area contributed by atoms with Crippen molar-refractivity contribution in [3.8, 4) is 11.3 Å². The van der Waals surface area contributed by atoms with E-state index < -0.39 is 0 Å². The summed E-state index contributed by atoms with van der Waals surface area (Å²) in [5.74, 6) is 0. The summed E-state index contributed by atoms with van der Waals surface area (Å²) >= 11 is 5.21. The SMILES string of the molecule is Cc1sc(Nc2ccccc2Br)nc1-c1ccccc1. The van der Waals surface area contributed by atoms with Crippen molar-refractivity contribution in [2.45, 2.75) is 6.92 Å². The highest BCUT2D eigenvalue weighted by atomic mass is 79.9. The predicted molar refractivity (Wildman–Crippen MR) is 89.7 cm³/mol. The van der Waals surface area contributed by atoms with E-state index in [0.717, 1.165) is 26.5 Å². The fourth-order valence-corrected chi connectivity index (χ4v) is 3.22. The van der Waals surface area contributed by atoms with Crippen molar-refractivity contribution in [2.24, 2.45) is 0 Å². The molecule has 0 radical (unpaired) electrons. The van der Waals surface area contributed by atoms with Crippen LogP contribution in [0.5, 0.6) is 0 Å². The number of nitrogens with one attached hydrogen (secondary N) is 1. The van der Waals surface area contributed by atoms with Gasteiger partial charge in [0.15, 0.2) is 5.13 Å². The molecule has 0 aliphatic rings. The molecule has 2 aromatic carbocycles. The second-order valence-electron chi connectivity index (χ2n) is 4.39. The number of hydrogen-bond acceptors (Lipinski definition) is 3. The largest absolute Gasteiger partial charge is 0.331 e. The molecule has 0 saturated heterocycles. The molecule has 100 valence electrons. The number of aromatic nitrogens is 1. The summed E-state index contributed by atoms with van der Waals surface area (Å²) in [5.41, 5.74) is 3.23. The minimum atomic E-state index is 0.910. The van der Waals surface area contributed by atoms with E-state index in [0.29, 0.717) is 0 Å². The summed E-state index contributed by atoms with van der Waals surface area (Å²) in [6, 6.07) is 18.3. The number of anilines is 2. The van der Waals surface area contributed by atoms with Crippen LogP contribution < -0.4 is 5.32 Å². The van der Waals surface area contributed by atoms with Gasteiger partial charge >= 0.3 is 0 Å². The Labute approximate surface area is 130 Å². The highest BCUT2D eigenvalue weighted by Crippen LogP contribution is 2.33. The first-order valence-electron chi connectivity index (χ1n) is 6.28. The van der Waals surface area contributed by atoms with Gasteiger partial charge in [-0.25, -0.2) is 4.98 Å². The number of hydrogen-bond donors (Lipinski definition) is 1. The third-order valence-corrected chi connectivity index (χ3v) is 4.54. The molecule has 20 heavy (non-hydrogen) atoms. The first-order valence-corrected chi connectivity index (χ1v) is 7.89. The van der Waals surface area contributed by atoms with E-state index in [1.807, 2.05) is 42.5 Å². The topological polar surface area (TPSA) is 24.9 Å². The zero-order valence-electron chi connectivity index (χ0n) is 10.9. The molecule has 0 fully saturated rings. The molecule has 1 N–H and O–H groups in total. The summed E-state index contributed by atoms with van der Waals surface area (Å²) in [6.45, 7) is 2.10. The Bertz CT molecular complexity index is 722. The zero-order valence-corrected chi connectivity index (χ0v) is 13.3. The number of thiazole rings is 1. The summed E-state index contributed by atoms with van der Waals surface area (Å²) in [6.07, 6.45) is 0. The van der Waals surface area contributed by atoms with E-state index in [2.05, 4.69) is 40.3 Å². The summed E-state index contributed by atoms with van der Waals surface area (Å²) in [5, 5.41) is 4.27. The van der Waals surface area contributed by atoms with Crippen molar-refractivity contribution < 1.29 is 0 Å². The Morgan fingerprint density at radius 1 is 1.00 bits per heavy atom. The lowest BCUT2D eigenvalue weighted by molar-refractivity contribution is 1.35. The van der Waals surface area contributed by atoms with Crippen molar-refractivity contribution in [1.82, 2.24) is 4.98 Å². The standard InChI is InChI=1S/C16H13BrN2S/c1-11-15(12-7-3-2-4-8-12)19-16(20-11)18-14-10-6-5-9-13(14)17/h2-10H,1H3,(H,18,19). The van der Waals surface area contributed by atoms with Crippen LogP contribution in [0.3, 0.4) is 0 Å². The lowest BCUT2D eigenvalue weighted by atomic mass is 10.1. The molecule has 0 bridgehead atoms. The predicted octanol–water partition coefficient (Wildman–Crippen LogP) is 5.62. The van der Waals surface area contributed by atoms with Crippen LogP contribution in [0.15, 0.2) is 59.1 Å². The molecule has 4 heteroatoms. The molecular weight excluding hydrogens is 332 g/mol. The maximum Gasteiger partial charge on any atom is 0.188 e. The van der Waals surface area contributed by atoms with E-state index in [1.54, 1.807) is 11.3 Å². The van der Waals surface area contributed by atoms with E-state index >= 15 is 0 Å². The van der Waals surface area contributed by atoms with Gasteiger partial charge in [0.2, 0.25) is 0 Å². The van der Waals surface area contributed by atoms with Gasteiger partial charge in [0, 0.05) is 14.9 Å². The quantitative estimate of drug-likeness (QED) is 0.666. The van der Waals surface area contributed by atoms with Crippen LogP contribution in [0.2, 0.25) is 0 Å². The lowest BCUT2D eigenvalue weighted by Gasteiger charge is -2.04. The fourth-order valence-electron chi connectivity index (χ4n) is 1.99. The molecule has 3 aromatic rings. The molecule has 0 amide bonds. The lowest BCUT2D eigenvalue weighted by Crippen LogP contribution is -1.90. The molecule has 0 aliphatic carbocycles. The number of halogens is 1. The monoisotopic (exact) mass is 344 g/mol. The Morgan fingerprint density at radius 3 is 2.45 bits per heavy atom. The molecule has 0 spiro atoms. The molecule has 0 atom stereocenters. The van der Waals surface area contributed by atoms with Crippen LogP contribution in [-0.2, 0) is 0 Å². The average molecular weight is 345 g/mol. The van der Waals surface area contributed by atoms with Gasteiger partial charge in [0.25, 0.3) is 0 Å². The van der Waals surface area contributed by atoms with E-state index in [4.69, 9.17) is 4.98 Å². The second-order valence-corrected chi connectivity index (χ2v) is 6.45. The van der Waals surface area contributed by atoms with Gasteiger partial charge in [-0.2, -0.15) is 0 Å². The first-order chi connectivity index (χ1) is 9.74. The highest BCUT2D eigenvalue weighted by molar-refractivity contribution is 9.10. The van der Waals surface area contributed by atoms with Gasteiger partial charge in [-0.15, -0.1) is 11.3 Å². The van der Waals surface area contributed by atoms with Gasteiger partial charge < -0.3 is 5.32 Å². The van der Waals surface area contributed by atoms with Crippen molar-refractivity contribution >= 4 is 38.1 Å². The molecule has 0 saturated carbocycles. The average Bonchev–Trinajstić information content (AvgIpc) is 2.83. The first kappa shape index (κ1) is 13.3. The van der Waals surface area contributed by atoms with Gasteiger partial charge in [-0.05, 0) is 35.0 Å². The summed E-state index contributed by atoms with van der Waals surface area (Å²) in [4.78, 5) is 5.92. The second kappa shape index (κ2) is 5.77. The maximum absolute atomic E-state index is 4.70. The minimum absolute atomic E-state index is 0.910. The van der Waals surface area contributed by atoms with E-state index in [1.165, 1.54) is 4.88 Å². The van der Waals surface area contributed by atoms with Crippen LogP contribution in [0.25, 0.3) is 11.3 Å². The smallest absolute Gasteiger partial charge is 0.188 e. The van der Waals surface area contributed by atoms with Crippen LogP contribution >= 0.6 is 27.3 Å². The van der Waals surface area contributed by atoms with Crippen LogP contribution in [-0.4, -0.2) is 4.98 Å². The molecule has 1 heterocycles. The van der Waals surface area contributed by atoms with E-state index in [-0.39, 0.29) is 0 Å². The van der Waals surface area contributed by atoms with Crippen molar-refractivity contribution in [1.29, 1.82) is 0 Å². The summed E-state index contributed by atoms with van der Waals surface area (Å²) in [7, 11) is 0. The third kappa shape index (κ3) is 2.76. The molecule has 3 rings (SSSR count). The van der Waals surface area contributed by atoms with E-state index in [9.17, 15) is 0 Å². The summed E-state index contributed by atoms with van der Waals surface area (Å²) < 4.78 is 1.04. The van der Waals surface area contributed by atoms with Crippen molar-refractivity contribution in [3.63, 3.8) is 0 Å². The van der Waals surface area contributed by atoms with Gasteiger partial charge in [-0.1, -0.05) is 42.5 Å². The Kier molecular flexibility index (Phi) is 3.85. The van der Waals surface area contributed by atoms with Crippen molar-refractivity contribution in [2.75, 3.05) is 5.32 Å². The van der Waals surface area contributed by atoms with Crippen LogP contribution in [0.4, 0.5) is 10.8 Å². The Hall–Kier alpha value is -1.65. The van der Waals surface area contributed by atoms with Crippen LogP contribution in [0.1, 0.15) is 4.88 Å². The maximum atomic E-state index is 4.70. The zero-order chi connectivity index (χ0) is 13.9. The van der Waals surface area contributed by atoms with Gasteiger partial charge in [-0.3, -0.25) is 0 Å². The molecule has 0 aliphatic heterocycles. The third-order valence-electron chi connectivity index (χ3n) is 2.96. The van der Waals surface area contributed by atoms with Gasteiger partial charge in [0.1, 0.15) is 0 Å². The van der Waals surface area contributed by atoms with Gasteiger partial charge in [0.05, 0.1) is 11.4 Å². The Balaban J connectivity index is 1.92. The van der Waals surface area contributed by atoms with Crippen LogP contribution in [0, 0.1) is 6.92 Å².